The van der Waals surface area contributed by atoms with Crippen LogP contribution in [0.4, 0.5) is 0 Å². The molecular formula is C38H21N3OPtS2. The number of thiophene rings is 2. The van der Waals surface area contributed by atoms with E-state index in [1.165, 1.54) is 9.75 Å². The Morgan fingerprint density at radius 3 is 2.29 bits per heavy atom. The van der Waals surface area contributed by atoms with Crippen LogP contribution in [0.1, 0.15) is 0 Å². The normalized spacial score (nSPS) is 11.4. The molecule has 9 aromatic rings. The van der Waals surface area contributed by atoms with Crippen molar-refractivity contribution >= 4 is 55.6 Å². The van der Waals surface area contributed by atoms with Gasteiger partial charge in [-0.2, -0.15) is 0 Å². The van der Waals surface area contributed by atoms with Crippen LogP contribution in [-0.2, 0) is 21.1 Å². The summed E-state index contributed by atoms with van der Waals surface area (Å²) < 4.78 is 8.59. The van der Waals surface area contributed by atoms with Crippen molar-refractivity contribution < 1.29 is 25.5 Å². The molecule has 0 fully saturated rings. The molecule has 5 aromatic heterocycles. The Bertz CT molecular complexity index is 2440. The summed E-state index contributed by atoms with van der Waals surface area (Å²) in [6.45, 7) is 0. The zero-order chi connectivity index (χ0) is 29.0. The summed E-state index contributed by atoms with van der Waals surface area (Å²) in [5.41, 5.74) is 9.40. The van der Waals surface area contributed by atoms with Crippen LogP contribution in [0.25, 0.3) is 82.2 Å². The third-order valence-corrected chi connectivity index (χ3v) is 9.69. The molecule has 9 rings (SSSR count). The molecule has 0 N–H and O–H groups in total. The number of oxazole rings is 1. The standard InChI is InChI=1S/C38H21N3OS2.Pt/c1-2-9-33-29(7-1)30-14-12-25(38-40-32-15-13-24(23-35(32)42-38)36-10-5-17-43-36)22-34(30)41(33)28-20-26(31-8-3-4-16-39-31)19-27(21-28)37-11-6-18-44-37;/h1-19,21,23H;/q-2;+2. The number of rotatable bonds is 5. The van der Waals surface area contributed by atoms with E-state index in [1.54, 1.807) is 22.7 Å². The number of hydrogen-bond donors (Lipinski definition) is 0. The molecule has 0 saturated carbocycles. The minimum atomic E-state index is 0. The summed E-state index contributed by atoms with van der Waals surface area (Å²) in [5, 5.41) is 6.45. The van der Waals surface area contributed by atoms with Gasteiger partial charge in [-0.15, -0.1) is 64.6 Å². The van der Waals surface area contributed by atoms with Crippen molar-refractivity contribution in [2.75, 3.05) is 0 Å². The van der Waals surface area contributed by atoms with Crippen molar-refractivity contribution in [3.05, 3.63) is 138 Å². The van der Waals surface area contributed by atoms with E-state index in [-0.39, 0.29) is 21.1 Å². The summed E-state index contributed by atoms with van der Waals surface area (Å²) in [5.74, 6) is 0.549. The molecule has 0 aliphatic rings. The number of benzene rings is 4. The molecule has 0 atom stereocenters. The first-order valence-electron chi connectivity index (χ1n) is 14.2. The molecule has 216 valence electrons. The van der Waals surface area contributed by atoms with E-state index >= 15 is 0 Å². The van der Waals surface area contributed by atoms with Gasteiger partial charge < -0.3 is 14.0 Å². The quantitative estimate of drug-likeness (QED) is 0.163. The molecule has 7 heteroatoms. The van der Waals surface area contributed by atoms with Gasteiger partial charge in [0.1, 0.15) is 11.5 Å². The molecule has 0 saturated heterocycles. The van der Waals surface area contributed by atoms with Crippen molar-refractivity contribution in [3.8, 4) is 49.3 Å². The number of aromatic nitrogens is 3. The van der Waals surface area contributed by atoms with Crippen molar-refractivity contribution in [3.63, 3.8) is 0 Å². The van der Waals surface area contributed by atoms with E-state index in [4.69, 9.17) is 9.40 Å². The van der Waals surface area contributed by atoms with Crippen molar-refractivity contribution in [1.82, 2.24) is 14.5 Å². The number of para-hydroxylation sites is 1. The second-order valence-corrected chi connectivity index (χ2v) is 12.4. The maximum atomic E-state index is 6.34. The second-order valence-electron chi connectivity index (χ2n) is 10.5. The molecular weight excluding hydrogens is 774 g/mol. The van der Waals surface area contributed by atoms with Crippen LogP contribution in [0.2, 0.25) is 0 Å². The number of nitrogens with zero attached hydrogens (tertiary/aromatic N) is 3. The van der Waals surface area contributed by atoms with Gasteiger partial charge in [-0.05, 0) is 75.0 Å². The summed E-state index contributed by atoms with van der Waals surface area (Å²) in [7, 11) is 0. The van der Waals surface area contributed by atoms with Crippen LogP contribution < -0.4 is 0 Å². The molecule has 0 aliphatic carbocycles. The maximum absolute atomic E-state index is 6.34. The molecule has 4 nitrogen and oxygen atoms in total. The predicted octanol–water partition coefficient (Wildman–Crippen LogP) is 10.7. The molecule has 0 aliphatic heterocycles. The van der Waals surface area contributed by atoms with Gasteiger partial charge in [0.05, 0.1) is 5.52 Å². The summed E-state index contributed by atoms with van der Waals surface area (Å²) >= 11 is 3.44. The molecule has 0 radical (unpaired) electrons. The topological polar surface area (TPSA) is 43.9 Å². The molecule has 45 heavy (non-hydrogen) atoms. The fraction of sp³-hybridized carbons (Fsp3) is 0. The van der Waals surface area contributed by atoms with Gasteiger partial charge >= 0.3 is 21.1 Å². The Balaban J connectivity index is 0.00000300. The van der Waals surface area contributed by atoms with Crippen molar-refractivity contribution in [2.45, 2.75) is 0 Å². The maximum Gasteiger partial charge on any atom is 2.00 e. The van der Waals surface area contributed by atoms with Crippen LogP contribution in [0, 0.1) is 12.1 Å². The summed E-state index contributed by atoms with van der Waals surface area (Å²) in [4.78, 5) is 11.9. The fourth-order valence-electron chi connectivity index (χ4n) is 5.82. The predicted molar refractivity (Wildman–Crippen MR) is 181 cm³/mol. The minimum absolute atomic E-state index is 0. The number of pyridine rings is 1. The van der Waals surface area contributed by atoms with Crippen LogP contribution in [0.3, 0.4) is 0 Å². The Morgan fingerprint density at radius 1 is 0.667 bits per heavy atom. The fourth-order valence-corrected chi connectivity index (χ4v) is 7.26. The van der Waals surface area contributed by atoms with E-state index in [1.807, 2.05) is 30.5 Å². The Morgan fingerprint density at radius 2 is 1.49 bits per heavy atom. The van der Waals surface area contributed by atoms with Gasteiger partial charge in [0.2, 0.25) is 0 Å². The number of hydrogen-bond acceptors (Lipinski definition) is 5. The largest absolute Gasteiger partial charge is 2.00 e. The molecule has 5 heterocycles. The zero-order valence-electron chi connectivity index (χ0n) is 23.5. The first-order valence-corrected chi connectivity index (χ1v) is 16.0. The monoisotopic (exact) mass is 794 g/mol. The van der Waals surface area contributed by atoms with Crippen molar-refractivity contribution in [2.24, 2.45) is 0 Å². The van der Waals surface area contributed by atoms with Gasteiger partial charge in [-0.3, -0.25) is 4.98 Å². The zero-order valence-corrected chi connectivity index (χ0v) is 27.4. The first-order chi connectivity index (χ1) is 21.8. The van der Waals surface area contributed by atoms with Gasteiger partial charge in [0.15, 0.2) is 0 Å². The van der Waals surface area contributed by atoms with Crippen LogP contribution >= 0.6 is 22.7 Å². The van der Waals surface area contributed by atoms with Crippen LogP contribution in [0.5, 0.6) is 0 Å². The van der Waals surface area contributed by atoms with Crippen LogP contribution in [-0.4, -0.2) is 14.5 Å². The average molecular weight is 795 g/mol. The molecule has 0 bridgehead atoms. The van der Waals surface area contributed by atoms with Gasteiger partial charge in [0.25, 0.3) is 0 Å². The molecule has 4 aromatic carbocycles. The van der Waals surface area contributed by atoms with E-state index in [0.717, 1.165) is 66.5 Å². The molecule has 0 unspecified atom stereocenters. The van der Waals surface area contributed by atoms with Crippen LogP contribution in [0.15, 0.2) is 131 Å². The second kappa shape index (κ2) is 11.4. The first kappa shape index (κ1) is 27.9. The molecule has 0 amide bonds. The van der Waals surface area contributed by atoms with Gasteiger partial charge in [-0.25, -0.2) is 0 Å². The third kappa shape index (κ3) is 4.86. The third-order valence-electron chi connectivity index (χ3n) is 7.85. The minimum Gasteiger partial charge on any atom is -0.481 e. The average Bonchev–Trinajstić information content (AvgIpc) is 3.90. The van der Waals surface area contributed by atoms with E-state index in [0.29, 0.717) is 5.89 Å². The SMILES string of the molecule is [Pt+2].[c-]1c(-c2ccccn2)cc(-c2cccs2)cc1-n1c2[c-]c(-c3nc4ccc(-c5cccs5)cc4o3)ccc2c2ccccc21. The van der Waals surface area contributed by atoms with E-state index in [9.17, 15) is 0 Å². The smallest absolute Gasteiger partial charge is 0.481 e. The Labute approximate surface area is 281 Å². The molecule has 0 spiro atoms. The summed E-state index contributed by atoms with van der Waals surface area (Å²) in [6, 6.07) is 45.0. The van der Waals surface area contributed by atoms with E-state index < -0.39 is 0 Å². The van der Waals surface area contributed by atoms with Gasteiger partial charge in [0, 0.05) is 21.5 Å². The number of fused-ring (bicyclic) bond motifs is 4. The Hall–Kier alpha value is -4.61. The van der Waals surface area contributed by atoms with Gasteiger partial charge in [-0.1, -0.05) is 65.0 Å². The summed E-state index contributed by atoms with van der Waals surface area (Å²) in [6.07, 6.45) is 1.82. The Kier molecular flexibility index (Phi) is 7.06. The van der Waals surface area contributed by atoms with E-state index in [2.05, 4.69) is 117 Å². The van der Waals surface area contributed by atoms with Crippen molar-refractivity contribution in [1.29, 1.82) is 0 Å².